The van der Waals surface area contributed by atoms with Crippen LogP contribution in [0.4, 0.5) is 11.4 Å². The average molecular weight is 296 g/mol. The minimum Gasteiger partial charge on any atom is -0.370 e. The van der Waals surface area contributed by atoms with Gasteiger partial charge in [0.1, 0.15) is 0 Å². The molecule has 22 heavy (non-hydrogen) atoms. The molecule has 0 unspecified atom stereocenters. The lowest BCUT2D eigenvalue weighted by molar-refractivity contribution is 0.102. The first kappa shape index (κ1) is 15.6. The second-order valence-corrected chi connectivity index (χ2v) is 4.99. The molecule has 0 aliphatic heterocycles. The summed E-state index contributed by atoms with van der Waals surface area (Å²) in [6.45, 7) is 2.14. The zero-order valence-corrected chi connectivity index (χ0v) is 12.5. The second kappa shape index (κ2) is 7.26. The Labute approximate surface area is 130 Å². The maximum atomic E-state index is 12.2. The summed E-state index contributed by atoms with van der Waals surface area (Å²) >= 11 is 0. The standard InChI is InChI=1S/C17H20N4O/c1-2-4-12-7-9-14(10-8-12)20-16(22)13-5-3-6-15(11-13)21-17(18)19/h3,5-11H,2,4H2,1H3,(H,20,22)(H4,18,19,21). The lowest BCUT2D eigenvalue weighted by Gasteiger charge is -2.07. The quantitative estimate of drug-likeness (QED) is 0.585. The smallest absolute Gasteiger partial charge is 0.255 e. The fourth-order valence-electron chi connectivity index (χ4n) is 2.11. The third-order valence-electron chi connectivity index (χ3n) is 3.12. The predicted octanol–water partition coefficient (Wildman–Crippen LogP) is 2.80. The van der Waals surface area contributed by atoms with Gasteiger partial charge in [0, 0.05) is 11.3 Å². The summed E-state index contributed by atoms with van der Waals surface area (Å²) in [7, 11) is 0. The lowest BCUT2D eigenvalue weighted by Crippen LogP contribution is -2.21. The van der Waals surface area contributed by atoms with Crippen LogP contribution in [0.3, 0.4) is 0 Å². The maximum Gasteiger partial charge on any atom is 0.255 e. The van der Waals surface area contributed by atoms with Crippen molar-refractivity contribution in [3.05, 3.63) is 59.7 Å². The van der Waals surface area contributed by atoms with Gasteiger partial charge in [-0.25, -0.2) is 4.99 Å². The van der Waals surface area contributed by atoms with E-state index < -0.39 is 0 Å². The Morgan fingerprint density at radius 1 is 1.14 bits per heavy atom. The molecular weight excluding hydrogens is 276 g/mol. The first-order valence-electron chi connectivity index (χ1n) is 7.18. The van der Waals surface area contributed by atoms with Crippen LogP contribution in [-0.2, 0) is 6.42 Å². The number of carbonyl (C=O) groups is 1. The number of guanidine groups is 1. The second-order valence-electron chi connectivity index (χ2n) is 4.99. The molecule has 2 aromatic rings. The van der Waals surface area contributed by atoms with E-state index in [9.17, 15) is 4.79 Å². The summed E-state index contributed by atoms with van der Waals surface area (Å²) in [5.74, 6) is -0.236. The van der Waals surface area contributed by atoms with E-state index in [0.717, 1.165) is 18.5 Å². The third-order valence-corrected chi connectivity index (χ3v) is 3.12. The molecule has 114 valence electrons. The van der Waals surface area contributed by atoms with E-state index in [1.165, 1.54) is 5.56 Å². The molecular formula is C17H20N4O. The monoisotopic (exact) mass is 296 g/mol. The van der Waals surface area contributed by atoms with Crippen LogP contribution in [0.5, 0.6) is 0 Å². The Morgan fingerprint density at radius 2 is 1.86 bits per heavy atom. The van der Waals surface area contributed by atoms with Crippen LogP contribution in [0.1, 0.15) is 29.3 Å². The van der Waals surface area contributed by atoms with E-state index in [-0.39, 0.29) is 11.9 Å². The molecule has 5 N–H and O–H groups in total. The number of anilines is 1. The van der Waals surface area contributed by atoms with Gasteiger partial charge in [0.2, 0.25) is 0 Å². The molecule has 5 heteroatoms. The molecule has 0 aliphatic rings. The molecule has 0 fully saturated rings. The largest absolute Gasteiger partial charge is 0.370 e. The van der Waals surface area contributed by atoms with Gasteiger partial charge in [0.05, 0.1) is 5.69 Å². The lowest BCUT2D eigenvalue weighted by atomic mass is 10.1. The predicted molar refractivity (Wildman–Crippen MR) is 90.3 cm³/mol. The summed E-state index contributed by atoms with van der Waals surface area (Å²) < 4.78 is 0. The Kier molecular flexibility index (Phi) is 5.14. The zero-order chi connectivity index (χ0) is 15.9. The van der Waals surface area contributed by atoms with Crippen molar-refractivity contribution in [2.24, 2.45) is 16.5 Å². The summed E-state index contributed by atoms with van der Waals surface area (Å²) in [4.78, 5) is 16.2. The van der Waals surface area contributed by atoms with Gasteiger partial charge in [-0.2, -0.15) is 0 Å². The van der Waals surface area contributed by atoms with Crippen LogP contribution in [0, 0.1) is 0 Å². The van der Waals surface area contributed by atoms with E-state index in [1.807, 2.05) is 24.3 Å². The van der Waals surface area contributed by atoms with Crippen LogP contribution in [-0.4, -0.2) is 11.9 Å². The molecule has 0 heterocycles. The number of hydrogen-bond acceptors (Lipinski definition) is 2. The molecule has 0 spiro atoms. The number of nitrogens with zero attached hydrogens (tertiary/aromatic N) is 1. The van der Waals surface area contributed by atoms with Crippen LogP contribution >= 0.6 is 0 Å². The Hall–Kier alpha value is -2.82. The third kappa shape index (κ3) is 4.34. The number of amides is 1. The Morgan fingerprint density at radius 3 is 2.50 bits per heavy atom. The van der Waals surface area contributed by atoms with Gasteiger partial charge in [0.25, 0.3) is 5.91 Å². The number of nitrogens with one attached hydrogen (secondary N) is 1. The zero-order valence-electron chi connectivity index (χ0n) is 12.5. The molecule has 1 amide bonds. The van der Waals surface area contributed by atoms with Gasteiger partial charge in [-0.1, -0.05) is 31.5 Å². The van der Waals surface area contributed by atoms with Crippen molar-refractivity contribution in [3.63, 3.8) is 0 Å². The normalized spacial score (nSPS) is 10.0. The van der Waals surface area contributed by atoms with E-state index in [0.29, 0.717) is 11.3 Å². The van der Waals surface area contributed by atoms with Crippen molar-refractivity contribution >= 4 is 23.2 Å². The van der Waals surface area contributed by atoms with Gasteiger partial charge in [-0.05, 0) is 42.3 Å². The van der Waals surface area contributed by atoms with Crippen LogP contribution in [0.2, 0.25) is 0 Å². The van der Waals surface area contributed by atoms with E-state index in [1.54, 1.807) is 24.3 Å². The fourth-order valence-corrected chi connectivity index (χ4v) is 2.11. The first-order chi connectivity index (χ1) is 10.6. The number of nitrogens with two attached hydrogens (primary N) is 2. The van der Waals surface area contributed by atoms with Crippen molar-refractivity contribution in [1.82, 2.24) is 0 Å². The van der Waals surface area contributed by atoms with Crippen molar-refractivity contribution in [2.45, 2.75) is 19.8 Å². The van der Waals surface area contributed by atoms with Gasteiger partial charge in [-0.15, -0.1) is 0 Å². The van der Waals surface area contributed by atoms with E-state index >= 15 is 0 Å². The highest BCUT2D eigenvalue weighted by Gasteiger charge is 2.07. The van der Waals surface area contributed by atoms with E-state index in [4.69, 9.17) is 11.5 Å². The highest BCUT2D eigenvalue weighted by Crippen LogP contribution is 2.16. The maximum absolute atomic E-state index is 12.2. The SMILES string of the molecule is CCCc1ccc(NC(=O)c2cccc(N=C(N)N)c2)cc1. The molecule has 2 rings (SSSR count). The van der Waals surface area contributed by atoms with E-state index in [2.05, 4.69) is 17.2 Å². The molecule has 0 aromatic heterocycles. The topological polar surface area (TPSA) is 93.5 Å². The molecule has 5 nitrogen and oxygen atoms in total. The molecule has 0 aliphatic carbocycles. The Bertz CT molecular complexity index is 673. The molecule has 0 atom stereocenters. The molecule has 2 aromatic carbocycles. The van der Waals surface area contributed by atoms with Gasteiger partial charge < -0.3 is 16.8 Å². The van der Waals surface area contributed by atoms with Gasteiger partial charge in [-0.3, -0.25) is 4.79 Å². The summed E-state index contributed by atoms with van der Waals surface area (Å²) in [5, 5.41) is 2.86. The highest BCUT2D eigenvalue weighted by molar-refractivity contribution is 6.04. The summed E-state index contributed by atoms with van der Waals surface area (Å²) in [5.41, 5.74) is 13.7. The number of aryl methyl sites for hydroxylation is 1. The molecule has 0 saturated carbocycles. The minimum absolute atomic E-state index is 0.0379. The number of hydrogen-bond donors (Lipinski definition) is 3. The highest BCUT2D eigenvalue weighted by atomic mass is 16.1. The Balaban J connectivity index is 2.10. The van der Waals surface area contributed by atoms with Crippen LogP contribution in [0.15, 0.2) is 53.5 Å². The number of benzene rings is 2. The molecule has 0 radical (unpaired) electrons. The van der Waals surface area contributed by atoms with Crippen molar-refractivity contribution < 1.29 is 4.79 Å². The number of aliphatic imine (C=N–C) groups is 1. The molecule has 0 saturated heterocycles. The van der Waals surface area contributed by atoms with Crippen LogP contribution in [0.25, 0.3) is 0 Å². The fraction of sp³-hybridized carbons (Fsp3) is 0.176. The van der Waals surface area contributed by atoms with Crippen molar-refractivity contribution in [2.75, 3.05) is 5.32 Å². The minimum atomic E-state index is -0.198. The first-order valence-corrected chi connectivity index (χ1v) is 7.18. The van der Waals surface area contributed by atoms with Crippen molar-refractivity contribution in [3.8, 4) is 0 Å². The summed E-state index contributed by atoms with van der Waals surface area (Å²) in [6, 6.07) is 14.7. The molecule has 0 bridgehead atoms. The van der Waals surface area contributed by atoms with Gasteiger partial charge >= 0.3 is 0 Å². The number of rotatable bonds is 5. The number of carbonyl (C=O) groups excluding carboxylic acids is 1. The van der Waals surface area contributed by atoms with Gasteiger partial charge in [0.15, 0.2) is 5.96 Å². The van der Waals surface area contributed by atoms with Crippen LogP contribution < -0.4 is 16.8 Å². The average Bonchev–Trinajstić information content (AvgIpc) is 2.49. The summed E-state index contributed by atoms with van der Waals surface area (Å²) in [6.07, 6.45) is 2.14. The van der Waals surface area contributed by atoms with Crippen molar-refractivity contribution in [1.29, 1.82) is 0 Å².